The predicted octanol–water partition coefficient (Wildman–Crippen LogP) is 2.95. The van der Waals surface area contributed by atoms with Crippen molar-refractivity contribution in [2.75, 3.05) is 12.4 Å². The van der Waals surface area contributed by atoms with Gasteiger partial charge in [-0.25, -0.2) is 9.78 Å². The molecule has 0 aliphatic rings. The van der Waals surface area contributed by atoms with Crippen LogP contribution in [0.25, 0.3) is 0 Å². The van der Waals surface area contributed by atoms with Crippen molar-refractivity contribution >= 4 is 17.7 Å². The zero-order valence-corrected chi connectivity index (χ0v) is 11.0. The highest BCUT2D eigenvalue weighted by atomic mass is 32.2. The molecule has 0 unspecified atom stereocenters. The van der Waals surface area contributed by atoms with Gasteiger partial charge in [0.2, 0.25) is 0 Å². The van der Waals surface area contributed by atoms with Crippen LogP contribution in [0.4, 0.5) is 0 Å². The van der Waals surface area contributed by atoms with E-state index in [1.807, 2.05) is 18.2 Å². The van der Waals surface area contributed by atoms with Crippen LogP contribution >= 0.6 is 11.8 Å². The molecular weight excluding hydrogens is 262 g/mol. The number of ether oxygens (including phenoxy) is 1. The molecule has 0 radical (unpaired) electrons. The molecular formula is C14H13NO3S. The summed E-state index contributed by atoms with van der Waals surface area (Å²) in [5.41, 5.74) is 0.259. The fourth-order valence-corrected chi connectivity index (χ4v) is 2.12. The maximum atomic E-state index is 10.7. The third-order valence-corrected chi connectivity index (χ3v) is 3.25. The maximum absolute atomic E-state index is 10.7. The fourth-order valence-electron chi connectivity index (χ4n) is 1.43. The Kier molecular flexibility index (Phi) is 4.80. The molecule has 1 aromatic carbocycles. The minimum absolute atomic E-state index is 0.259. The van der Waals surface area contributed by atoms with Crippen molar-refractivity contribution in [1.82, 2.24) is 4.98 Å². The molecule has 4 nitrogen and oxygen atoms in total. The minimum atomic E-state index is -0.933. The molecule has 0 saturated heterocycles. The molecule has 0 aliphatic heterocycles. The van der Waals surface area contributed by atoms with E-state index >= 15 is 0 Å². The molecule has 0 bridgehead atoms. The summed E-state index contributed by atoms with van der Waals surface area (Å²) in [6.07, 6.45) is 1.76. The number of carboxylic acid groups (broad SMARTS) is 1. The van der Waals surface area contributed by atoms with E-state index in [0.717, 1.165) is 10.8 Å². The monoisotopic (exact) mass is 275 g/mol. The zero-order chi connectivity index (χ0) is 13.5. The summed E-state index contributed by atoms with van der Waals surface area (Å²) in [4.78, 5) is 14.9. The van der Waals surface area contributed by atoms with E-state index in [9.17, 15) is 4.79 Å². The van der Waals surface area contributed by atoms with E-state index in [2.05, 4.69) is 4.98 Å². The van der Waals surface area contributed by atoms with Crippen LogP contribution in [-0.4, -0.2) is 28.4 Å². The molecule has 0 spiro atoms. The number of aromatic carboxylic acids is 1. The van der Waals surface area contributed by atoms with Gasteiger partial charge >= 0.3 is 5.97 Å². The number of rotatable bonds is 6. The Labute approximate surface area is 115 Å². The molecule has 2 aromatic rings. The standard InChI is InChI=1S/C14H13NO3S/c16-14(17)11-4-6-12(7-5-11)18-9-10-19-13-3-1-2-8-15-13/h1-8H,9-10H2,(H,16,17). The first kappa shape index (κ1) is 13.4. The molecule has 1 N–H and O–H groups in total. The van der Waals surface area contributed by atoms with Crippen molar-refractivity contribution in [1.29, 1.82) is 0 Å². The number of hydrogen-bond donors (Lipinski definition) is 1. The van der Waals surface area contributed by atoms with Gasteiger partial charge in [0, 0.05) is 11.9 Å². The largest absolute Gasteiger partial charge is 0.493 e. The Morgan fingerprint density at radius 1 is 1.21 bits per heavy atom. The number of carboxylic acids is 1. The molecule has 5 heteroatoms. The van der Waals surface area contributed by atoms with Gasteiger partial charge in [0.15, 0.2) is 0 Å². The highest BCUT2D eigenvalue weighted by Crippen LogP contribution is 2.16. The van der Waals surface area contributed by atoms with Gasteiger partial charge in [-0.1, -0.05) is 6.07 Å². The van der Waals surface area contributed by atoms with E-state index in [4.69, 9.17) is 9.84 Å². The van der Waals surface area contributed by atoms with Crippen molar-refractivity contribution in [2.45, 2.75) is 5.03 Å². The highest BCUT2D eigenvalue weighted by molar-refractivity contribution is 7.99. The summed E-state index contributed by atoms with van der Waals surface area (Å²) in [7, 11) is 0. The molecule has 1 aromatic heterocycles. The van der Waals surface area contributed by atoms with E-state index < -0.39 is 5.97 Å². The lowest BCUT2D eigenvalue weighted by Crippen LogP contribution is -2.01. The number of carbonyl (C=O) groups is 1. The van der Waals surface area contributed by atoms with Crippen LogP contribution in [0.3, 0.4) is 0 Å². The second-order valence-electron chi connectivity index (χ2n) is 3.69. The predicted molar refractivity (Wildman–Crippen MR) is 73.9 cm³/mol. The van der Waals surface area contributed by atoms with Crippen LogP contribution in [0.2, 0.25) is 0 Å². The second kappa shape index (κ2) is 6.80. The summed E-state index contributed by atoms with van der Waals surface area (Å²) in [6, 6.07) is 12.2. The number of pyridine rings is 1. The van der Waals surface area contributed by atoms with Gasteiger partial charge < -0.3 is 9.84 Å². The summed E-state index contributed by atoms with van der Waals surface area (Å²) in [6.45, 7) is 0.549. The summed E-state index contributed by atoms with van der Waals surface area (Å²) in [5, 5.41) is 9.73. The Morgan fingerprint density at radius 3 is 2.63 bits per heavy atom. The van der Waals surface area contributed by atoms with Crippen molar-refractivity contribution in [3.8, 4) is 5.75 Å². The van der Waals surface area contributed by atoms with Crippen LogP contribution in [-0.2, 0) is 0 Å². The highest BCUT2D eigenvalue weighted by Gasteiger charge is 2.02. The van der Waals surface area contributed by atoms with Gasteiger partial charge in [-0.3, -0.25) is 0 Å². The Morgan fingerprint density at radius 2 is 2.00 bits per heavy atom. The summed E-state index contributed by atoms with van der Waals surface area (Å²) in [5.74, 6) is 0.529. The molecule has 0 fully saturated rings. The summed E-state index contributed by atoms with van der Waals surface area (Å²) < 4.78 is 5.52. The number of thioether (sulfide) groups is 1. The Bertz CT molecular complexity index is 528. The van der Waals surface area contributed by atoms with Gasteiger partial charge in [-0.15, -0.1) is 11.8 Å². The lowest BCUT2D eigenvalue weighted by Gasteiger charge is -2.05. The van der Waals surface area contributed by atoms with E-state index in [0.29, 0.717) is 12.4 Å². The molecule has 1 heterocycles. The van der Waals surface area contributed by atoms with Crippen LogP contribution in [0, 0.1) is 0 Å². The molecule has 2 rings (SSSR count). The maximum Gasteiger partial charge on any atom is 0.335 e. The van der Waals surface area contributed by atoms with Crippen LogP contribution in [0.1, 0.15) is 10.4 Å². The van der Waals surface area contributed by atoms with Gasteiger partial charge in [0.05, 0.1) is 17.2 Å². The SMILES string of the molecule is O=C(O)c1ccc(OCCSc2ccccn2)cc1. The molecule has 98 valence electrons. The van der Waals surface area contributed by atoms with E-state index in [1.165, 1.54) is 12.1 Å². The van der Waals surface area contributed by atoms with E-state index in [-0.39, 0.29) is 5.56 Å². The van der Waals surface area contributed by atoms with Gasteiger partial charge in [-0.2, -0.15) is 0 Å². The quantitative estimate of drug-likeness (QED) is 0.648. The average molecular weight is 275 g/mol. The van der Waals surface area contributed by atoms with Gasteiger partial charge in [0.1, 0.15) is 5.75 Å². The number of benzene rings is 1. The van der Waals surface area contributed by atoms with Crippen LogP contribution in [0.15, 0.2) is 53.7 Å². The number of nitrogens with zero attached hydrogens (tertiary/aromatic N) is 1. The minimum Gasteiger partial charge on any atom is -0.493 e. The summed E-state index contributed by atoms with van der Waals surface area (Å²) >= 11 is 1.62. The first-order valence-corrected chi connectivity index (χ1v) is 6.74. The van der Waals surface area contributed by atoms with E-state index in [1.54, 1.807) is 30.1 Å². The Hall–Kier alpha value is -2.01. The molecule has 0 saturated carbocycles. The molecule has 0 atom stereocenters. The van der Waals surface area contributed by atoms with Crippen LogP contribution < -0.4 is 4.74 Å². The molecule has 0 amide bonds. The van der Waals surface area contributed by atoms with Gasteiger partial charge in [0.25, 0.3) is 0 Å². The van der Waals surface area contributed by atoms with Crippen LogP contribution in [0.5, 0.6) is 5.75 Å². The van der Waals surface area contributed by atoms with Gasteiger partial charge in [-0.05, 0) is 36.4 Å². The molecule has 0 aliphatic carbocycles. The zero-order valence-electron chi connectivity index (χ0n) is 10.2. The Balaban J connectivity index is 1.75. The first-order valence-electron chi connectivity index (χ1n) is 5.76. The fraction of sp³-hybridized carbons (Fsp3) is 0.143. The van der Waals surface area contributed by atoms with Crippen molar-refractivity contribution in [2.24, 2.45) is 0 Å². The average Bonchev–Trinajstić information content (AvgIpc) is 2.45. The lowest BCUT2D eigenvalue weighted by atomic mass is 10.2. The third-order valence-electron chi connectivity index (χ3n) is 2.34. The number of hydrogen-bond acceptors (Lipinski definition) is 4. The third kappa shape index (κ3) is 4.30. The topological polar surface area (TPSA) is 59.4 Å². The smallest absolute Gasteiger partial charge is 0.335 e. The molecule has 19 heavy (non-hydrogen) atoms. The van der Waals surface area contributed by atoms with Crippen molar-refractivity contribution in [3.05, 3.63) is 54.2 Å². The number of aromatic nitrogens is 1. The van der Waals surface area contributed by atoms with Crippen molar-refractivity contribution < 1.29 is 14.6 Å². The lowest BCUT2D eigenvalue weighted by molar-refractivity contribution is 0.0697. The first-order chi connectivity index (χ1) is 9.25. The normalized spacial score (nSPS) is 10.1. The second-order valence-corrected chi connectivity index (χ2v) is 4.81. The van der Waals surface area contributed by atoms with Crippen molar-refractivity contribution in [3.63, 3.8) is 0 Å².